The molecule has 0 aliphatic heterocycles. The Labute approximate surface area is 98.5 Å². The second-order valence-corrected chi connectivity index (χ2v) is 3.41. The standard InChI is InChI=1S/C10H13N7/c1-7-9(13-6-14-10(7)16-11)12-5-8-3-2-4-15-17-8/h2-4,6H,5,11H2,1H3,(H2,12,13,14,16). The monoisotopic (exact) mass is 231 g/mol. The van der Waals surface area contributed by atoms with Crippen molar-refractivity contribution in [2.75, 3.05) is 10.7 Å². The van der Waals surface area contributed by atoms with Crippen molar-refractivity contribution in [2.24, 2.45) is 5.84 Å². The van der Waals surface area contributed by atoms with E-state index in [0.29, 0.717) is 12.4 Å². The second kappa shape index (κ2) is 5.17. The SMILES string of the molecule is Cc1c(NN)ncnc1NCc1cccnn1. The van der Waals surface area contributed by atoms with Crippen LogP contribution in [0.1, 0.15) is 11.3 Å². The summed E-state index contributed by atoms with van der Waals surface area (Å²) in [6.45, 7) is 2.43. The number of hydrogen-bond acceptors (Lipinski definition) is 7. The van der Waals surface area contributed by atoms with Crippen LogP contribution in [-0.4, -0.2) is 20.2 Å². The summed E-state index contributed by atoms with van der Waals surface area (Å²) in [5.41, 5.74) is 4.22. The highest BCUT2D eigenvalue weighted by atomic mass is 15.3. The Morgan fingerprint density at radius 3 is 2.82 bits per heavy atom. The zero-order valence-electron chi connectivity index (χ0n) is 9.38. The number of nitrogens with zero attached hydrogens (tertiary/aromatic N) is 4. The Hall–Kier alpha value is -2.28. The molecule has 0 aliphatic rings. The summed E-state index contributed by atoms with van der Waals surface area (Å²) in [6.07, 6.45) is 3.08. The molecule has 0 amide bonds. The van der Waals surface area contributed by atoms with Crippen LogP contribution in [0.2, 0.25) is 0 Å². The van der Waals surface area contributed by atoms with E-state index in [1.807, 2.05) is 19.1 Å². The van der Waals surface area contributed by atoms with Gasteiger partial charge < -0.3 is 10.7 Å². The molecule has 0 saturated carbocycles. The van der Waals surface area contributed by atoms with Crippen molar-refractivity contribution in [3.63, 3.8) is 0 Å². The van der Waals surface area contributed by atoms with E-state index in [4.69, 9.17) is 5.84 Å². The van der Waals surface area contributed by atoms with Crippen LogP contribution in [0.25, 0.3) is 0 Å². The van der Waals surface area contributed by atoms with Crippen LogP contribution in [0.5, 0.6) is 0 Å². The molecule has 88 valence electrons. The van der Waals surface area contributed by atoms with Gasteiger partial charge in [-0.3, -0.25) is 0 Å². The highest BCUT2D eigenvalue weighted by molar-refractivity contribution is 5.55. The largest absolute Gasteiger partial charge is 0.364 e. The first-order valence-electron chi connectivity index (χ1n) is 5.10. The van der Waals surface area contributed by atoms with Crippen LogP contribution in [0.4, 0.5) is 11.6 Å². The van der Waals surface area contributed by atoms with E-state index in [-0.39, 0.29) is 0 Å². The maximum atomic E-state index is 5.34. The van der Waals surface area contributed by atoms with Crippen molar-refractivity contribution < 1.29 is 0 Å². The summed E-state index contributed by atoms with van der Waals surface area (Å²) in [5, 5.41) is 10.9. The van der Waals surface area contributed by atoms with Crippen LogP contribution in [-0.2, 0) is 6.54 Å². The fourth-order valence-electron chi connectivity index (χ4n) is 1.38. The molecule has 2 rings (SSSR count). The molecule has 0 aromatic carbocycles. The van der Waals surface area contributed by atoms with Crippen molar-refractivity contribution in [3.05, 3.63) is 35.9 Å². The van der Waals surface area contributed by atoms with Crippen LogP contribution in [0.3, 0.4) is 0 Å². The van der Waals surface area contributed by atoms with Gasteiger partial charge in [0.1, 0.15) is 18.0 Å². The minimum atomic E-state index is 0.551. The van der Waals surface area contributed by atoms with Crippen LogP contribution in [0, 0.1) is 6.92 Å². The molecule has 0 unspecified atom stereocenters. The van der Waals surface area contributed by atoms with E-state index in [1.54, 1.807) is 6.20 Å². The number of aromatic nitrogens is 4. The molecule has 2 aromatic heterocycles. The normalized spacial score (nSPS) is 10.0. The zero-order chi connectivity index (χ0) is 12.1. The predicted molar refractivity (Wildman–Crippen MR) is 63.9 cm³/mol. The highest BCUT2D eigenvalue weighted by Gasteiger charge is 2.05. The molecular formula is C10H13N7. The molecule has 7 heteroatoms. The predicted octanol–water partition coefficient (Wildman–Crippen LogP) is 0.473. The molecule has 0 radical (unpaired) electrons. The summed E-state index contributed by atoms with van der Waals surface area (Å²) >= 11 is 0. The number of hydrazine groups is 1. The van der Waals surface area contributed by atoms with Crippen LogP contribution in [0.15, 0.2) is 24.7 Å². The first-order chi connectivity index (χ1) is 8.31. The topological polar surface area (TPSA) is 102 Å². The fourth-order valence-corrected chi connectivity index (χ4v) is 1.38. The van der Waals surface area contributed by atoms with E-state index in [1.165, 1.54) is 6.33 Å². The first kappa shape index (κ1) is 11.2. The lowest BCUT2D eigenvalue weighted by Crippen LogP contribution is -2.13. The van der Waals surface area contributed by atoms with E-state index in [0.717, 1.165) is 17.1 Å². The van der Waals surface area contributed by atoms with Crippen molar-refractivity contribution in [2.45, 2.75) is 13.5 Å². The Morgan fingerprint density at radius 2 is 2.12 bits per heavy atom. The number of nitrogens with one attached hydrogen (secondary N) is 2. The molecule has 4 N–H and O–H groups in total. The van der Waals surface area contributed by atoms with Crippen molar-refractivity contribution in [1.29, 1.82) is 0 Å². The molecular weight excluding hydrogens is 218 g/mol. The van der Waals surface area contributed by atoms with Crippen molar-refractivity contribution >= 4 is 11.6 Å². The molecule has 0 aliphatic carbocycles. The molecule has 2 heterocycles. The lowest BCUT2D eigenvalue weighted by Gasteiger charge is -2.10. The minimum Gasteiger partial charge on any atom is -0.364 e. The average Bonchev–Trinajstić information content (AvgIpc) is 2.39. The molecule has 0 saturated heterocycles. The van der Waals surface area contributed by atoms with Gasteiger partial charge in [-0.2, -0.15) is 10.2 Å². The van der Waals surface area contributed by atoms with Gasteiger partial charge in [-0.1, -0.05) is 0 Å². The van der Waals surface area contributed by atoms with Gasteiger partial charge in [0.15, 0.2) is 0 Å². The van der Waals surface area contributed by atoms with E-state index < -0.39 is 0 Å². The lowest BCUT2D eigenvalue weighted by atomic mass is 10.3. The number of nitrogens with two attached hydrogens (primary N) is 1. The Balaban J connectivity index is 2.09. The Bertz CT molecular complexity index is 485. The zero-order valence-corrected chi connectivity index (χ0v) is 9.38. The third kappa shape index (κ3) is 2.64. The highest BCUT2D eigenvalue weighted by Crippen LogP contribution is 2.17. The van der Waals surface area contributed by atoms with Gasteiger partial charge in [0.2, 0.25) is 0 Å². The molecule has 7 nitrogen and oxygen atoms in total. The third-order valence-corrected chi connectivity index (χ3v) is 2.29. The molecule has 17 heavy (non-hydrogen) atoms. The first-order valence-corrected chi connectivity index (χ1v) is 5.10. The quantitative estimate of drug-likeness (QED) is 0.519. The summed E-state index contributed by atoms with van der Waals surface area (Å²) in [7, 11) is 0. The fraction of sp³-hybridized carbons (Fsp3) is 0.200. The van der Waals surface area contributed by atoms with Crippen molar-refractivity contribution in [3.8, 4) is 0 Å². The summed E-state index contributed by atoms with van der Waals surface area (Å²) in [5.74, 6) is 6.66. The van der Waals surface area contributed by atoms with E-state index in [9.17, 15) is 0 Å². The lowest BCUT2D eigenvalue weighted by molar-refractivity contribution is 0.917. The van der Waals surface area contributed by atoms with Gasteiger partial charge in [-0.15, -0.1) is 0 Å². The van der Waals surface area contributed by atoms with Gasteiger partial charge in [0.25, 0.3) is 0 Å². The van der Waals surface area contributed by atoms with Crippen LogP contribution < -0.4 is 16.6 Å². The van der Waals surface area contributed by atoms with Gasteiger partial charge in [-0.05, 0) is 19.1 Å². The third-order valence-electron chi connectivity index (χ3n) is 2.29. The summed E-state index contributed by atoms with van der Waals surface area (Å²) in [4.78, 5) is 8.13. The van der Waals surface area contributed by atoms with E-state index >= 15 is 0 Å². The maximum absolute atomic E-state index is 5.34. The Kier molecular flexibility index (Phi) is 3.41. The average molecular weight is 231 g/mol. The maximum Gasteiger partial charge on any atom is 0.148 e. The van der Waals surface area contributed by atoms with Gasteiger partial charge in [-0.25, -0.2) is 15.8 Å². The smallest absolute Gasteiger partial charge is 0.148 e. The molecule has 0 fully saturated rings. The van der Waals surface area contributed by atoms with Gasteiger partial charge >= 0.3 is 0 Å². The Morgan fingerprint density at radius 1 is 1.29 bits per heavy atom. The van der Waals surface area contributed by atoms with Gasteiger partial charge in [0, 0.05) is 11.8 Å². The molecule has 0 atom stereocenters. The molecule has 0 spiro atoms. The molecule has 2 aromatic rings. The van der Waals surface area contributed by atoms with Crippen LogP contribution >= 0.6 is 0 Å². The minimum absolute atomic E-state index is 0.551. The number of rotatable bonds is 4. The molecule has 0 bridgehead atoms. The van der Waals surface area contributed by atoms with Crippen molar-refractivity contribution in [1.82, 2.24) is 20.2 Å². The second-order valence-electron chi connectivity index (χ2n) is 3.41. The van der Waals surface area contributed by atoms with E-state index in [2.05, 4.69) is 30.9 Å². The van der Waals surface area contributed by atoms with Gasteiger partial charge in [0.05, 0.1) is 12.2 Å². The summed E-state index contributed by atoms with van der Waals surface area (Å²) < 4.78 is 0. The summed E-state index contributed by atoms with van der Waals surface area (Å²) in [6, 6.07) is 3.72. The number of hydrogen-bond donors (Lipinski definition) is 3. The number of anilines is 2. The number of nitrogen functional groups attached to an aromatic ring is 1.